The van der Waals surface area contributed by atoms with Crippen molar-refractivity contribution in [3.8, 4) is 5.88 Å². The third-order valence-corrected chi connectivity index (χ3v) is 4.60. The summed E-state index contributed by atoms with van der Waals surface area (Å²) in [7, 11) is 0. The molecule has 1 fully saturated rings. The zero-order valence-electron chi connectivity index (χ0n) is 12.4. The van der Waals surface area contributed by atoms with Crippen molar-refractivity contribution in [2.24, 2.45) is 5.73 Å². The van der Waals surface area contributed by atoms with E-state index in [0.29, 0.717) is 17.5 Å². The van der Waals surface area contributed by atoms with Crippen LogP contribution in [0.2, 0.25) is 0 Å². The number of hydrogen-bond donors (Lipinski definition) is 1. The number of hydrogen-bond acceptors (Lipinski definition) is 4. The van der Waals surface area contributed by atoms with Crippen molar-refractivity contribution in [3.63, 3.8) is 0 Å². The Hall–Kier alpha value is -1.20. The topological polar surface area (TPSA) is 51.4 Å². The normalized spacial score (nSPS) is 18.5. The molecule has 0 atom stereocenters. The molecular weight excluding hydrogens is 282 g/mol. The Morgan fingerprint density at radius 1 is 1.24 bits per heavy atom. The van der Waals surface area contributed by atoms with Crippen LogP contribution >= 0.6 is 12.2 Å². The van der Waals surface area contributed by atoms with Crippen LogP contribution in [0.15, 0.2) is 6.07 Å². The first-order chi connectivity index (χ1) is 10.2. The Morgan fingerprint density at radius 2 is 2.00 bits per heavy atom. The van der Waals surface area contributed by atoms with Crippen molar-refractivity contribution in [1.29, 1.82) is 0 Å². The van der Waals surface area contributed by atoms with Crippen molar-refractivity contribution in [2.45, 2.75) is 38.5 Å². The molecule has 1 saturated heterocycles. The lowest BCUT2D eigenvalue weighted by Gasteiger charge is -2.19. The number of thiocarbonyl (C=S) groups is 1. The van der Waals surface area contributed by atoms with Crippen molar-refractivity contribution < 1.29 is 4.74 Å². The molecule has 21 heavy (non-hydrogen) atoms. The van der Waals surface area contributed by atoms with Gasteiger partial charge in [-0.15, -0.1) is 0 Å². The maximum Gasteiger partial charge on any atom is 0.224 e. The summed E-state index contributed by atoms with van der Waals surface area (Å²) in [4.78, 5) is 7.50. The summed E-state index contributed by atoms with van der Waals surface area (Å²) >= 11 is 5.16. The fourth-order valence-electron chi connectivity index (χ4n) is 3.18. The first kappa shape index (κ1) is 14.7. The highest BCUT2D eigenvalue weighted by atomic mass is 32.1. The molecule has 0 amide bonds. The quantitative estimate of drug-likeness (QED) is 0.844. The third-order valence-electron chi connectivity index (χ3n) is 4.38. The Balaban J connectivity index is 1.71. The molecule has 1 aromatic heterocycles. The van der Waals surface area contributed by atoms with E-state index >= 15 is 0 Å². The van der Waals surface area contributed by atoms with Gasteiger partial charge >= 0.3 is 0 Å². The van der Waals surface area contributed by atoms with E-state index in [1.807, 2.05) is 0 Å². The Bertz CT molecular complexity index is 526. The number of likely N-dealkylation sites (tertiary alicyclic amines) is 1. The van der Waals surface area contributed by atoms with Crippen LogP contribution < -0.4 is 10.5 Å². The van der Waals surface area contributed by atoms with E-state index in [9.17, 15) is 0 Å². The van der Waals surface area contributed by atoms with E-state index in [-0.39, 0.29) is 0 Å². The highest BCUT2D eigenvalue weighted by Gasteiger charge is 2.18. The van der Waals surface area contributed by atoms with Crippen molar-refractivity contribution in [3.05, 3.63) is 22.9 Å². The molecule has 2 N–H and O–H groups in total. The molecular formula is C16H23N3OS. The lowest BCUT2D eigenvalue weighted by atomic mass is 9.95. The minimum absolute atomic E-state index is 0.382. The van der Waals surface area contributed by atoms with E-state index in [0.717, 1.165) is 30.6 Å². The molecule has 0 aromatic carbocycles. The maximum absolute atomic E-state index is 5.91. The van der Waals surface area contributed by atoms with Crippen LogP contribution in [0, 0.1) is 0 Å². The summed E-state index contributed by atoms with van der Waals surface area (Å²) in [5, 5.41) is 0. The van der Waals surface area contributed by atoms with E-state index < -0.39 is 0 Å². The molecule has 2 heterocycles. The zero-order chi connectivity index (χ0) is 14.7. The highest BCUT2D eigenvalue weighted by Crippen LogP contribution is 2.26. The van der Waals surface area contributed by atoms with Crippen LogP contribution in [0.25, 0.3) is 0 Å². The third kappa shape index (κ3) is 3.52. The summed E-state index contributed by atoms with van der Waals surface area (Å²) < 4.78 is 5.91. The summed E-state index contributed by atoms with van der Waals surface area (Å²) in [6.07, 6.45) is 7.14. The van der Waals surface area contributed by atoms with Gasteiger partial charge in [0.2, 0.25) is 5.88 Å². The fraction of sp³-hybridized carbons (Fsp3) is 0.625. The lowest BCUT2D eigenvalue weighted by molar-refractivity contribution is 0.231. The molecule has 0 unspecified atom stereocenters. The number of nitrogens with two attached hydrogens (primary N) is 1. The second kappa shape index (κ2) is 6.71. The number of aryl methyl sites for hydroxylation is 2. The number of ether oxygens (including phenoxy) is 1. The molecule has 0 spiro atoms. The number of aromatic nitrogens is 1. The zero-order valence-corrected chi connectivity index (χ0v) is 13.3. The number of pyridine rings is 1. The Kier molecular flexibility index (Phi) is 4.70. The minimum Gasteiger partial charge on any atom is -0.476 e. The maximum atomic E-state index is 5.91. The Labute approximate surface area is 131 Å². The summed E-state index contributed by atoms with van der Waals surface area (Å²) in [6, 6.07) is 2.09. The smallest absolute Gasteiger partial charge is 0.224 e. The van der Waals surface area contributed by atoms with Gasteiger partial charge in [0.25, 0.3) is 0 Å². The molecule has 0 bridgehead atoms. The molecule has 0 radical (unpaired) electrons. The molecule has 1 aliphatic heterocycles. The molecule has 3 rings (SSSR count). The number of fused-ring (bicyclic) bond motifs is 1. The molecule has 2 aliphatic rings. The van der Waals surface area contributed by atoms with Gasteiger partial charge < -0.3 is 10.5 Å². The van der Waals surface area contributed by atoms with Gasteiger partial charge in [0.1, 0.15) is 11.6 Å². The Morgan fingerprint density at radius 3 is 2.76 bits per heavy atom. The van der Waals surface area contributed by atoms with Gasteiger partial charge in [0.15, 0.2) is 0 Å². The van der Waals surface area contributed by atoms with Crippen LogP contribution in [0.3, 0.4) is 0 Å². The second-order valence-corrected chi connectivity index (χ2v) is 6.36. The number of rotatable bonds is 5. The van der Waals surface area contributed by atoms with Gasteiger partial charge in [-0.1, -0.05) is 12.2 Å². The van der Waals surface area contributed by atoms with E-state index in [2.05, 4.69) is 11.0 Å². The predicted octanol–water partition coefficient (Wildman–Crippen LogP) is 2.07. The summed E-state index contributed by atoms with van der Waals surface area (Å²) in [5.41, 5.74) is 9.09. The molecule has 1 aliphatic carbocycles. The first-order valence-corrected chi connectivity index (χ1v) is 8.32. The van der Waals surface area contributed by atoms with Crippen LogP contribution in [0.4, 0.5) is 0 Å². The molecule has 114 valence electrons. The van der Waals surface area contributed by atoms with E-state index in [1.165, 1.54) is 44.3 Å². The van der Waals surface area contributed by atoms with Crippen molar-refractivity contribution in [2.75, 3.05) is 26.2 Å². The number of nitrogens with zero attached hydrogens (tertiary/aromatic N) is 2. The molecule has 0 saturated carbocycles. The summed E-state index contributed by atoms with van der Waals surface area (Å²) in [5.74, 6) is 0.627. The first-order valence-electron chi connectivity index (χ1n) is 7.92. The average molecular weight is 305 g/mol. The van der Waals surface area contributed by atoms with Crippen LogP contribution in [-0.2, 0) is 12.8 Å². The van der Waals surface area contributed by atoms with Crippen LogP contribution in [0.1, 0.15) is 42.5 Å². The lowest BCUT2D eigenvalue weighted by Crippen LogP contribution is -2.26. The minimum atomic E-state index is 0.382. The van der Waals surface area contributed by atoms with Crippen molar-refractivity contribution in [1.82, 2.24) is 9.88 Å². The fourth-order valence-corrected chi connectivity index (χ4v) is 3.33. The monoisotopic (exact) mass is 305 g/mol. The standard InChI is InChI=1S/C16H23N3OS/c17-15(21)13-11-12-5-1-2-6-14(12)18-16(13)20-10-9-19-7-3-4-8-19/h11H,1-10H2,(H2,17,21). The van der Waals surface area contributed by atoms with Gasteiger partial charge in [-0.3, -0.25) is 4.90 Å². The van der Waals surface area contributed by atoms with Gasteiger partial charge in [0.05, 0.1) is 5.56 Å². The van der Waals surface area contributed by atoms with E-state index in [1.54, 1.807) is 0 Å². The molecule has 4 nitrogen and oxygen atoms in total. The SMILES string of the molecule is NC(=S)c1cc2c(nc1OCCN1CCCC1)CCCC2. The molecule has 5 heteroatoms. The van der Waals surface area contributed by atoms with Crippen LogP contribution in [-0.4, -0.2) is 41.1 Å². The average Bonchev–Trinajstić information content (AvgIpc) is 2.99. The summed E-state index contributed by atoms with van der Waals surface area (Å²) in [6.45, 7) is 3.98. The second-order valence-electron chi connectivity index (χ2n) is 5.92. The van der Waals surface area contributed by atoms with Gasteiger partial charge in [-0.2, -0.15) is 0 Å². The highest BCUT2D eigenvalue weighted by molar-refractivity contribution is 7.80. The van der Waals surface area contributed by atoms with Gasteiger partial charge in [0, 0.05) is 12.2 Å². The van der Waals surface area contributed by atoms with Gasteiger partial charge in [-0.05, 0) is 63.2 Å². The van der Waals surface area contributed by atoms with E-state index in [4.69, 9.17) is 27.7 Å². The van der Waals surface area contributed by atoms with Gasteiger partial charge in [-0.25, -0.2) is 4.98 Å². The van der Waals surface area contributed by atoms with Crippen molar-refractivity contribution >= 4 is 17.2 Å². The molecule has 1 aromatic rings. The predicted molar refractivity (Wildman–Crippen MR) is 87.9 cm³/mol. The van der Waals surface area contributed by atoms with Crippen LogP contribution in [0.5, 0.6) is 5.88 Å². The largest absolute Gasteiger partial charge is 0.476 e.